The smallest absolute Gasteiger partial charge is 0.306 e. The molecule has 3 heteroatoms. The minimum absolute atomic E-state index is 0.0517. The van der Waals surface area contributed by atoms with Crippen LogP contribution in [-0.2, 0) is 9.53 Å². The third kappa shape index (κ3) is 4.97. The summed E-state index contributed by atoms with van der Waals surface area (Å²) in [6, 6.07) is 0. The first-order chi connectivity index (χ1) is 7.76. The van der Waals surface area contributed by atoms with Crippen molar-refractivity contribution in [1.82, 2.24) is 0 Å². The maximum atomic E-state index is 11.7. The Hall–Kier alpha value is -0.570. The molecule has 3 nitrogen and oxygen atoms in total. The van der Waals surface area contributed by atoms with Crippen LogP contribution in [0, 0.1) is 5.92 Å². The third-order valence-electron chi connectivity index (χ3n) is 3.47. The number of rotatable bonds is 5. The Balaban J connectivity index is 2.26. The first-order valence-corrected chi connectivity index (χ1v) is 6.65. The van der Waals surface area contributed by atoms with Crippen LogP contribution in [0.4, 0.5) is 0 Å². The summed E-state index contributed by atoms with van der Waals surface area (Å²) < 4.78 is 5.51. The number of carbonyl (C=O) groups is 1. The fourth-order valence-corrected chi connectivity index (χ4v) is 2.22. The molecule has 0 amide bonds. The van der Waals surface area contributed by atoms with Crippen LogP contribution < -0.4 is 5.73 Å². The lowest BCUT2D eigenvalue weighted by atomic mass is 10.0. The van der Waals surface area contributed by atoms with Crippen LogP contribution in [0.2, 0.25) is 0 Å². The summed E-state index contributed by atoms with van der Waals surface area (Å²) in [6.07, 6.45) is 8.68. The van der Waals surface area contributed by atoms with Gasteiger partial charge in [-0.1, -0.05) is 26.2 Å². The van der Waals surface area contributed by atoms with Gasteiger partial charge in [0.15, 0.2) is 0 Å². The Morgan fingerprint density at radius 3 is 2.44 bits per heavy atom. The quantitative estimate of drug-likeness (QED) is 0.580. The first-order valence-electron chi connectivity index (χ1n) is 6.65. The zero-order chi connectivity index (χ0) is 11.8. The largest absolute Gasteiger partial charge is 0.462 e. The van der Waals surface area contributed by atoms with E-state index in [1.165, 1.54) is 25.7 Å². The molecule has 94 valence electrons. The minimum Gasteiger partial charge on any atom is -0.462 e. The van der Waals surface area contributed by atoms with E-state index >= 15 is 0 Å². The zero-order valence-corrected chi connectivity index (χ0v) is 10.4. The predicted octanol–water partition coefficient (Wildman–Crippen LogP) is 2.63. The van der Waals surface area contributed by atoms with Crippen molar-refractivity contribution in [1.29, 1.82) is 0 Å². The Kier molecular flexibility index (Phi) is 6.46. The van der Waals surface area contributed by atoms with E-state index in [0.717, 1.165) is 19.3 Å². The van der Waals surface area contributed by atoms with Gasteiger partial charge in [-0.3, -0.25) is 4.79 Å². The zero-order valence-electron chi connectivity index (χ0n) is 10.4. The standard InChI is InChI=1S/C13H25NO2/c1-2-11(10-14)9-13(15)16-12-7-5-3-4-6-8-12/h11-12H,2-10,14H2,1H3. The fourth-order valence-electron chi connectivity index (χ4n) is 2.22. The second kappa shape index (κ2) is 7.66. The van der Waals surface area contributed by atoms with Gasteiger partial charge in [-0.25, -0.2) is 0 Å². The van der Waals surface area contributed by atoms with Crippen LogP contribution in [0.5, 0.6) is 0 Å². The van der Waals surface area contributed by atoms with Crippen LogP contribution in [-0.4, -0.2) is 18.6 Å². The molecular weight excluding hydrogens is 202 g/mol. The van der Waals surface area contributed by atoms with Gasteiger partial charge in [-0.05, 0) is 38.1 Å². The van der Waals surface area contributed by atoms with Crippen LogP contribution in [0.25, 0.3) is 0 Å². The lowest BCUT2D eigenvalue weighted by molar-refractivity contribution is -0.150. The molecule has 1 rings (SSSR count). The molecule has 0 heterocycles. The lowest BCUT2D eigenvalue weighted by Crippen LogP contribution is -2.23. The number of nitrogens with two attached hydrogens (primary N) is 1. The maximum absolute atomic E-state index is 11.7. The number of ether oxygens (including phenoxy) is 1. The molecule has 0 radical (unpaired) electrons. The Bertz CT molecular complexity index is 194. The van der Waals surface area contributed by atoms with E-state index in [-0.39, 0.29) is 12.1 Å². The summed E-state index contributed by atoms with van der Waals surface area (Å²) in [6.45, 7) is 2.65. The normalized spacial score (nSPS) is 20.1. The van der Waals surface area contributed by atoms with Crippen molar-refractivity contribution in [3.8, 4) is 0 Å². The topological polar surface area (TPSA) is 52.3 Å². The monoisotopic (exact) mass is 227 g/mol. The molecule has 2 N–H and O–H groups in total. The van der Waals surface area contributed by atoms with Crippen LogP contribution in [0.15, 0.2) is 0 Å². The van der Waals surface area contributed by atoms with E-state index in [9.17, 15) is 4.79 Å². The summed E-state index contributed by atoms with van der Waals surface area (Å²) in [5.41, 5.74) is 5.58. The van der Waals surface area contributed by atoms with Crippen molar-refractivity contribution < 1.29 is 9.53 Å². The van der Waals surface area contributed by atoms with Crippen molar-refractivity contribution in [2.24, 2.45) is 11.7 Å². The highest BCUT2D eigenvalue weighted by atomic mass is 16.5. The van der Waals surface area contributed by atoms with E-state index in [4.69, 9.17) is 10.5 Å². The molecule has 1 atom stereocenters. The molecule has 1 aliphatic rings. The number of carbonyl (C=O) groups excluding carboxylic acids is 1. The number of esters is 1. The van der Waals surface area contributed by atoms with Crippen molar-refractivity contribution in [2.75, 3.05) is 6.54 Å². The third-order valence-corrected chi connectivity index (χ3v) is 3.47. The van der Waals surface area contributed by atoms with Gasteiger partial charge in [0.2, 0.25) is 0 Å². The van der Waals surface area contributed by atoms with Gasteiger partial charge in [-0.2, -0.15) is 0 Å². The van der Waals surface area contributed by atoms with E-state index in [1.807, 2.05) is 0 Å². The molecule has 0 aliphatic heterocycles. The summed E-state index contributed by atoms with van der Waals surface area (Å²) in [5, 5.41) is 0. The summed E-state index contributed by atoms with van der Waals surface area (Å²) in [4.78, 5) is 11.7. The average molecular weight is 227 g/mol. The van der Waals surface area contributed by atoms with E-state index in [2.05, 4.69) is 6.92 Å². The molecule has 0 aromatic rings. The summed E-state index contributed by atoms with van der Waals surface area (Å²) in [5.74, 6) is 0.238. The van der Waals surface area contributed by atoms with Gasteiger partial charge in [0.05, 0.1) is 0 Å². The van der Waals surface area contributed by atoms with E-state index < -0.39 is 0 Å². The molecule has 16 heavy (non-hydrogen) atoms. The molecule has 0 spiro atoms. The van der Waals surface area contributed by atoms with Gasteiger partial charge in [0.1, 0.15) is 6.10 Å². The van der Waals surface area contributed by atoms with Gasteiger partial charge in [0.25, 0.3) is 0 Å². The van der Waals surface area contributed by atoms with Crippen LogP contribution in [0.1, 0.15) is 58.3 Å². The second-order valence-electron chi connectivity index (χ2n) is 4.82. The van der Waals surface area contributed by atoms with Gasteiger partial charge in [0, 0.05) is 6.42 Å². The highest BCUT2D eigenvalue weighted by molar-refractivity contribution is 5.69. The molecule has 0 saturated heterocycles. The molecule has 1 unspecified atom stereocenters. The average Bonchev–Trinajstić information content (AvgIpc) is 2.54. The van der Waals surface area contributed by atoms with Gasteiger partial charge < -0.3 is 10.5 Å². The van der Waals surface area contributed by atoms with Crippen LogP contribution in [0.3, 0.4) is 0 Å². The van der Waals surface area contributed by atoms with Gasteiger partial charge in [-0.15, -0.1) is 0 Å². The molecule has 1 fully saturated rings. The highest BCUT2D eigenvalue weighted by Crippen LogP contribution is 2.20. The minimum atomic E-state index is -0.0517. The summed E-state index contributed by atoms with van der Waals surface area (Å²) >= 11 is 0. The summed E-state index contributed by atoms with van der Waals surface area (Å²) in [7, 11) is 0. The van der Waals surface area contributed by atoms with Crippen molar-refractivity contribution >= 4 is 5.97 Å². The van der Waals surface area contributed by atoms with Gasteiger partial charge >= 0.3 is 5.97 Å². The Morgan fingerprint density at radius 1 is 1.31 bits per heavy atom. The van der Waals surface area contributed by atoms with Crippen molar-refractivity contribution in [3.63, 3.8) is 0 Å². The molecular formula is C13H25NO2. The molecule has 1 aliphatic carbocycles. The Morgan fingerprint density at radius 2 is 1.94 bits per heavy atom. The molecule has 0 aromatic heterocycles. The van der Waals surface area contributed by atoms with E-state index in [0.29, 0.717) is 18.9 Å². The van der Waals surface area contributed by atoms with E-state index in [1.54, 1.807) is 0 Å². The SMILES string of the molecule is CCC(CN)CC(=O)OC1CCCCCC1. The molecule has 0 bridgehead atoms. The van der Waals surface area contributed by atoms with Crippen molar-refractivity contribution in [3.05, 3.63) is 0 Å². The number of hydrogen-bond donors (Lipinski definition) is 1. The van der Waals surface area contributed by atoms with Crippen molar-refractivity contribution in [2.45, 2.75) is 64.4 Å². The highest BCUT2D eigenvalue weighted by Gasteiger charge is 2.18. The second-order valence-corrected chi connectivity index (χ2v) is 4.82. The lowest BCUT2D eigenvalue weighted by Gasteiger charge is -2.17. The number of hydrogen-bond acceptors (Lipinski definition) is 3. The predicted molar refractivity (Wildman–Crippen MR) is 65.0 cm³/mol. The molecule has 0 aromatic carbocycles. The maximum Gasteiger partial charge on any atom is 0.306 e. The fraction of sp³-hybridized carbons (Fsp3) is 0.923. The Labute approximate surface area is 98.7 Å². The van der Waals surface area contributed by atoms with Crippen LogP contribution >= 0.6 is 0 Å². The molecule has 1 saturated carbocycles. The first kappa shape index (κ1) is 13.5.